The highest BCUT2D eigenvalue weighted by Gasteiger charge is 2.23. The third-order valence-corrected chi connectivity index (χ3v) is 2.41. The molecule has 1 aliphatic heterocycles. The van der Waals surface area contributed by atoms with Crippen molar-refractivity contribution >= 4 is 18.3 Å². The van der Waals surface area contributed by atoms with Crippen LogP contribution in [0.1, 0.15) is 5.56 Å². The molecule has 2 N–H and O–H groups in total. The molecule has 1 atom stereocenters. The van der Waals surface area contributed by atoms with E-state index in [0.717, 1.165) is 29.2 Å². The molecule has 0 aliphatic carbocycles. The zero-order chi connectivity index (χ0) is 8.55. The number of rotatable bonds is 2. The Morgan fingerprint density at radius 2 is 2.33 bits per heavy atom. The molecule has 0 saturated carbocycles. The number of hydrogen-bond donors (Lipinski definition) is 2. The molecule has 1 aromatic carbocycles. The fraction of sp³-hybridized carbons (Fsp3) is 0.333. The molecule has 1 aromatic rings. The van der Waals surface area contributed by atoms with Gasteiger partial charge in [-0.1, -0.05) is 12.1 Å². The number of para-hydroxylation sites is 1. The molecule has 3 heteroatoms. The van der Waals surface area contributed by atoms with Gasteiger partial charge in [-0.25, -0.2) is 0 Å². The summed E-state index contributed by atoms with van der Waals surface area (Å²) in [4.78, 5) is 0.855. The smallest absolute Gasteiger partial charge is 0.0850 e. The molecule has 12 heavy (non-hydrogen) atoms. The van der Waals surface area contributed by atoms with E-state index in [9.17, 15) is 0 Å². The standard InChI is InChI=1S/C9H11NOS/c10-9-6(4-7-5-11-7)2-1-3-8(9)12/h1-3,7,12H,4-5,10H2. The van der Waals surface area contributed by atoms with Gasteiger partial charge in [0.15, 0.2) is 0 Å². The Morgan fingerprint density at radius 3 is 3.00 bits per heavy atom. The van der Waals surface area contributed by atoms with Crippen molar-refractivity contribution in [1.29, 1.82) is 0 Å². The minimum atomic E-state index is 0.391. The number of anilines is 1. The summed E-state index contributed by atoms with van der Waals surface area (Å²) in [7, 11) is 0. The SMILES string of the molecule is Nc1c(S)cccc1CC1CO1. The van der Waals surface area contributed by atoms with Crippen LogP contribution in [0.5, 0.6) is 0 Å². The van der Waals surface area contributed by atoms with Gasteiger partial charge in [0.05, 0.1) is 12.7 Å². The van der Waals surface area contributed by atoms with Crippen molar-refractivity contribution in [3.05, 3.63) is 23.8 Å². The fourth-order valence-electron chi connectivity index (χ4n) is 1.21. The Labute approximate surface area is 77.1 Å². The Bertz CT molecular complexity index is 297. The minimum Gasteiger partial charge on any atom is -0.398 e. The largest absolute Gasteiger partial charge is 0.398 e. The van der Waals surface area contributed by atoms with Gasteiger partial charge < -0.3 is 10.5 Å². The highest BCUT2D eigenvalue weighted by molar-refractivity contribution is 7.80. The van der Waals surface area contributed by atoms with Crippen LogP contribution in [-0.4, -0.2) is 12.7 Å². The summed E-state index contributed by atoms with van der Waals surface area (Å²) in [6.45, 7) is 0.871. The predicted molar refractivity (Wildman–Crippen MR) is 51.6 cm³/mol. The van der Waals surface area contributed by atoms with Gasteiger partial charge in [-0.05, 0) is 11.6 Å². The molecule has 0 aromatic heterocycles. The normalized spacial score (nSPS) is 20.9. The summed E-state index contributed by atoms with van der Waals surface area (Å²) in [6.07, 6.45) is 1.31. The Balaban J connectivity index is 2.23. The van der Waals surface area contributed by atoms with E-state index in [-0.39, 0.29) is 0 Å². The van der Waals surface area contributed by atoms with Gasteiger partial charge in [-0.15, -0.1) is 12.6 Å². The van der Waals surface area contributed by atoms with Gasteiger partial charge in [-0.3, -0.25) is 0 Å². The van der Waals surface area contributed by atoms with Gasteiger partial charge in [0.2, 0.25) is 0 Å². The van der Waals surface area contributed by atoms with E-state index < -0.39 is 0 Å². The summed E-state index contributed by atoms with van der Waals surface area (Å²) in [5, 5.41) is 0. The number of epoxide rings is 1. The van der Waals surface area contributed by atoms with E-state index in [1.54, 1.807) is 0 Å². The van der Waals surface area contributed by atoms with Gasteiger partial charge in [0.1, 0.15) is 0 Å². The lowest BCUT2D eigenvalue weighted by Crippen LogP contribution is -1.99. The van der Waals surface area contributed by atoms with E-state index in [1.807, 2.05) is 18.2 Å². The number of benzene rings is 1. The average Bonchev–Trinajstić information content (AvgIpc) is 2.83. The molecule has 0 amide bonds. The zero-order valence-electron chi connectivity index (χ0n) is 6.66. The molecule has 1 heterocycles. The summed E-state index contributed by atoms with van der Waals surface area (Å²) in [6, 6.07) is 5.89. The van der Waals surface area contributed by atoms with Crippen LogP contribution in [-0.2, 0) is 11.2 Å². The molecule has 0 radical (unpaired) electrons. The van der Waals surface area contributed by atoms with Crippen molar-refractivity contribution in [3.63, 3.8) is 0 Å². The van der Waals surface area contributed by atoms with E-state index in [2.05, 4.69) is 12.6 Å². The molecular weight excluding hydrogens is 170 g/mol. The lowest BCUT2D eigenvalue weighted by molar-refractivity contribution is 0.408. The molecule has 1 aliphatic rings. The first-order valence-corrected chi connectivity index (χ1v) is 4.40. The topological polar surface area (TPSA) is 38.5 Å². The Hall–Kier alpha value is -0.670. The highest BCUT2D eigenvalue weighted by Crippen LogP contribution is 2.25. The summed E-state index contributed by atoms with van der Waals surface area (Å²) in [5.74, 6) is 0. The quantitative estimate of drug-likeness (QED) is 0.412. The maximum absolute atomic E-state index is 5.83. The van der Waals surface area contributed by atoms with Crippen molar-refractivity contribution in [2.75, 3.05) is 12.3 Å². The number of hydrogen-bond acceptors (Lipinski definition) is 3. The number of thiol groups is 1. The van der Waals surface area contributed by atoms with Crippen molar-refractivity contribution in [2.45, 2.75) is 17.4 Å². The van der Waals surface area contributed by atoms with E-state index >= 15 is 0 Å². The predicted octanol–water partition coefficient (Wildman–Crippen LogP) is 1.50. The molecule has 2 nitrogen and oxygen atoms in total. The molecule has 0 spiro atoms. The van der Waals surface area contributed by atoms with E-state index in [4.69, 9.17) is 10.5 Å². The van der Waals surface area contributed by atoms with Crippen molar-refractivity contribution in [3.8, 4) is 0 Å². The van der Waals surface area contributed by atoms with Crippen LogP contribution in [0, 0.1) is 0 Å². The van der Waals surface area contributed by atoms with Crippen LogP contribution in [0.2, 0.25) is 0 Å². The number of nitrogen functional groups attached to an aromatic ring is 1. The minimum absolute atomic E-state index is 0.391. The van der Waals surface area contributed by atoms with Crippen LogP contribution in [0.15, 0.2) is 23.1 Å². The molecular formula is C9H11NOS. The highest BCUT2D eigenvalue weighted by atomic mass is 32.1. The third-order valence-electron chi connectivity index (χ3n) is 2.02. The van der Waals surface area contributed by atoms with E-state index in [1.165, 1.54) is 0 Å². The van der Waals surface area contributed by atoms with E-state index in [0.29, 0.717) is 6.10 Å². The van der Waals surface area contributed by atoms with Crippen LogP contribution < -0.4 is 5.73 Å². The molecule has 0 bridgehead atoms. The van der Waals surface area contributed by atoms with Gasteiger partial charge in [-0.2, -0.15) is 0 Å². The Kier molecular flexibility index (Phi) is 1.98. The molecule has 1 saturated heterocycles. The maximum atomic E-state index is 5.83. The summed E-state index contributed by atoms with van der Waals surface area (Å²) < 4.78 is 5.13. The number of nitrogens with two attached hydrogens (primary N) is 1. The average molecular weight is 181 g/mol. The third kappa shape index (κ3) is 1.57. The van der Waals surface area contributed by atoms with Crippen LogP contribution in [0.3, 0.4) is 0 Å². The second-order valence-electron chi connectivity index (χ2n) is 3.01. The lowest BCUT2D eigenvalue weighted by atomic mass is 10.1. The first-order valence-electron chi connectivity index (χ1n) is 3.95. The molecule has 64 valence electrons. The first-order chi connectivity index (χ1) is 5.77. The van der Waals surface area contributed by atoms with Crippen molar-refractivity contribution in [1.82, 2.24) is 0 Å². The van der Waals surface area contributed by atoms with Crippen LogP contribution in [0.25, 0.3) is 0 Å². The van der Waals surface area contributed by atoms with Gasteiger partial charge in [0.25, 0.3) is 0 Å². The maximum Gasteiger partial charge on any atom is 0.0850 e. The molecule has 2 rings (SSSR count). The second-order valence-corrected chi connectivity index (χ2v) is 3.49. The van der Waals surface area contributed by atoms with Crippen molar-refractivity contribution in [2.24, 2.45) is 0 Å². The zero-order valence-corrected chi connectivity index (χ0v) is 7.55. The fourth-order valence-corrected chi connectivity index (χ4v) is 1.44. The summed E-state index contributed by atoms with van der Waals surface area (Å²) in [5.41, 5.74) is 7.76. The Morgan fingerprint density at radius 1 is 1.58 bits per heavy atom. The number of ether oxygens (including phenoxy) is 1. The molecule has 1 fully saturated rings. The van der Waals surface area contributed by atoms with Gasteiger partial charge >= 0.3 is 0 Å². The first kappa shape index (κ1) is 7.95. The summed E-state index contributed by atoms with van der Waals surface area (Å²) >= 11 is 4.24. The lowest BCUT2D eigenvalue weighted by Gasteiger charge is -2.05. The van der Waals surface area contributed by atoms with Crippen LogP contribution in [0.4, 0.5) is 5.69 Å². The van der Waals surface area contributed by atoms with Gasteiger partial charge in [0, 0.05) is 17.0 Å². The monoisotopic (exact) mass is 181 g/mol. The van der Waals surface area contributed by atoms with Crippen LogP contribution >= 0.6 is 12.6 Å². The van der Waals surface area contributed by atoms with Crippen molar-refractivity contribution < 1.29 is 4.74 Å². The second kappa shape index (κ2) is 2.99. The molecule has 1 unspecified atom stereocenters.